The molecule has 0 atom stereocenters. The Morgan fingerprint density at radius 2 is 2.20 bits per heavy atom. The topological polar surface area (TPSA) is 49.8 Å². The minimum Gasteiger partial charge on any atom is -0.367 e. The SMILES string of the molecule is C#Cc1cc(NC2CCNCC2)ncn1. The van der Waals surface area contributed by atoms with E-state index >= 15 is 0 Å². The van der Waals surface area contributed by atoms with Gasteiger partial charge in [-0.2, -0.15) is 0 Å². The second kappa shape index (κ2) is 4.76. The van der Waals surface area contributed by atoms with Crippen LogP contribution in [0.25, 0.3) is 0 Å². The van der Waals surface area contributed by atoms with Gasteiger partial charge in [-0.3, -0.25) is 0 Å². The highest BCUT2D eigenvalue weighted by Gasteiger charge is 2.12. The van der Waals surface area contributed by atoms with E-state index < -0.39 is 0 Å². The van der Waals surface area contributed by atoms with Crippen molar-refractivity contribution in [1.82, 2.24) is 15.3 Å². The summed E-state index contributed by atoms with van der Waals surface area (Å²) in [5, 5.41) is 6.69. The third-order valence-corrected chi connectivity index (χ3v) is 2.51. The molecule has 0 saturated carbocycles. The van der Waals surface area contributed by atoms with Crippen LogP contribution in [0, 0.1) is 12.3 Å². The summed E-state index contributed by atoms with van der Waals surface area (Å²) in [6, 6.07) is 2.30. The number of hydrogen-bond acceptors (Lipinski definition) is 4. The third-order valence-electron chi connectivity index (χ3n) is 2.51. The average molecular weight is 202 g/mol. The molecule has 2 heterocycles. The van der Waals surface area contributed by atoms with Crippen molar-refractivity contribution in [1.29, 1.82) is 0 Å². The molecular weight excluding hydrogens is 188 g/mol. The van der Waals surface area contributed by atoms with Crippen molar-refractivity contribution < 1.29 is 0 Å². The highest BCUT2D eigenvalue weighted by atomic mass is 15.0. The van der Waals surface area contributed by atoms with E-state index in [9.17, 15) is 0 Å². The third kappa shape index (κ3) is 2.67. The summed E-state index contributed by atoms with van der Waals surface area (Å²) in [4.78, 5) is 8.09. The van der Waals surface area contributed by atoms with Crippen LogP contribution in [-0.2, 0) is 0 Å². The normalized spacial score (nSPS) is 17.0. The van der Waals surface area contributed by atoms with Gasteiger partial charge in [-0.1, -0.05) is 5.92 Å². The molecule has 2 N–H and O–H groups in total. The van der Waals surface area contributed by atoms with Crippen molar-refractivity contribution in [3.05, 3.63) is 18.1 Å². The molecule has 1 aliphatic heterocycles. The molecule has 1 saturated heterocycles. The molecule has 1 fully saturated rings. The first-order valence-corrected chi connectivity index (χ1v) is 5.14. The molecule has 0 spiro atoms. The van der Waals surface area contributed by atoms with Crippen molar-refractivity contribution in [2.45, 2.75) is 18.9 Å². The standard InChI is InChI=1S/C11H14N4/c1-2-9-7-11(14-8-13-9)15-10-3-5-12-6-4-10/h1,7-8,10,12H,3-6H2,(H,13,14,15). The Labute approximate surface area is 89.5 Å². The molecule has 0 bridgehead atoms. The molecule has 0 amide bonds. The van der Waals surface area contributed by atoms with Crippen molar-refractivity contribution in [2.75, 3.05) is 18.4 Å². The second-order valence-electron chi connectivity index (χ2n) is 3.60. The predicted octanol–water partition coefficient (Wildman–Crippen LogP) is 0.622. The summed E-state index contributed by atoms with van der Waals surface area (Å²) in [5.74, 6) is 3.33. The molecule has 4 heteroatoms. The summed E-state index contributed by atoms with van der Waals surface area (Å²) in [6.07, 6.45) is 9.01. The first kappa shape index (κ1) is 9.94. The Morgan fingerprint density at radius 3 is 2.93 bits per heavy atom. The predicted molar refractivity (Wildman–Crippen MR) is 59.5 cm³/mol. The lowest BCUT2D eigenvalue weighted by atomic mass is 10.1. The molecule has 0 aliphatic carbocycles. The van der Waals surface area contributed by atoms with E-state index in [4.69, 9.17) is 6.42 Å². The quantitative estimate of drug-likeness (QED) is 0.690. The van der Waals surface area contributed by atoms with Gasteiger partial charge in [-0.15, -0.1) is 6.42 Å². The molecule has 1 aromatic rings. The van der Waals surface area contributed by atoms with Gasteiger partial charge in [0, 0.05) is 12.1 Å². The van der Waals surface area contributed by atoms with Crippen LogP contribution in [-0.4, -0.2) is 29.1 Å². The Balaban J connectivity index is 2.00. The van der Waals surface area contributed by atoms with Crippen molar-refractivity contribution in [3.8, 4) is 12.3 Å². The lowest BCUT2D eigenvalue weighted by Crippen LogP contribution is -2.35. The maximum Gasteiger partial charge on any atom is 0.130 e. The van der Waals surface area contributed by atoms with E-state index in [2.05, 4.69) is 26.5 Å². The van der Waals surface area contributed by atoms with Gasteiger partial charge >= 0.3 is 0 Å². The molecule has 4 nitrogen and oxygen atoms in total. The van der Waals surface area contributed by atoms with Gasteiger partial charge in [0.15, 0.2) is 0 Å². The molecule has 1 aromatic heterocycles. The van der Waals surface area contributed by atoms with E-state index in [0.717, 1.165) is 31.7 Å². The number of anilines is 1. The van der Waals surface area contributed by atoms with Crippen LogP contribution in [0.15, 0.2) is 12.4 Å². The van der Waals surface area contributed by atoms with Gasteiger partial charge in [0.1, 0.15) is 17.8 Å². The van der Waals surface area contributed by atoms with Gasteiger partial charge in [0.2, 0.25) is 0 Å². The summed E-state index contributed by atoms with van der Waals surface area (Å²) in [7, 11) is 0. The van der Waals surface area contributed by atoms with Crippen LogP contribution in [0.4, 0.5) is 5.82 Å². The fourth-order valence-electron chi connectivity index (χ4n) is 1.69. The first-order chi connectivity index (χ1) is 7.38. The second-order valence-corrected chi connectivity index (χ2v) is 3.60. The van der Waals surface area contributed by atoms with Gasteiger partial charge in [0.25, 0.3) is 0 Å². The summed E-state index contributed by atoms with van der Waals surface area (Å²) < 4.78 is 0. The van der Waals surface area contributed by atoms with Gasteiger partial charge < -0.3 is 10.6 Å². The number of nitrogens with zero attached hydrogens (tertiary/aromatic N) is 2. The Morgan fingerprint density at radius 1 is 1.40 bits per heavy atom. The molecule has 0 aromatic carbocycles. The van der Waals surface area contributed by atoms with Gasteiger partial charge in [-0.05, 0) is 25.9 Å². The smallest absolute Gasteiger partial charge is 0.130 e. The molecule has 1 aliphatic rings. The Hall–Kier alpha value is -1.60. The number of rotatable bonds is 2. The fourth-order valence-corrected chi connectivity index (χ4v) is 1.69. The number of hydrogen-bond donors (Lipinski definition) is 2. The number of terminal acetylenes is 1. The van der Waals surface area contributed by atoms with E-state index in [1.54, 1.807) is 0 Å². The molecule has 78 valence electrons. The van der Waals surface area contributed by atoms with E-state index in [1.165, 1.54) is 6.33 Å². The zero-order valence-electron chi connectivity index (χ0n) is 8.53. The summed E-state index contributed by atoms with van der Waals surface area (Å²) >= 11 is 0. The van der Waals surface area contributed by atoms with Crippen molar-refractivity contribution >= 4 is 5.82 Å². The number of piperidine rings is 1. The maximum absolute atomic E-state index is 5.27. The monoisotopic (exact) mass is 202 g/mol. The molecular formula is C11H14N4. The highest BCUT2D eigenvalue weighted by Crippen LogP contribution is 2.10. The van der Waals surface area contributed by atoms with Crippen LogP contribution in [0.1, 0.15) is 18.5 Å². The molecule has 0 unspecified atom stereocenters. The zero-order valence-corrected chi connectivity index (χ0v) is 8.53. The summed E-state index contributed by atoms with van der Waals surface area (Å²) in [5.41, 5.74) is 0.626. The van der Waals surface area contributed by atoms with Gasteiger partial charge in [0.05, 0.1) is 0 Å². The lowest BCUT2D eigenvalue weighted by molar-refractivity contribution is 0.478. The first-order valence-electron chi connectivity index (χ1n) is 5.14. The highest BCUT2D eigenvalue weighted by molar-refractivity contribution is 5.40. The maximum atomic E-state index is 5.27. The number of nitrogens with one attached hydrogen (secondary N) is 2. The Kier molecular flexibility index (Phi) is 3.15. The van der Waals surface area contributed by atoms with E-state index in [0.29, 0.717) is 11.7 Å². The minimum atomic E-state index is 0.492. The Bertz CT molecular complexity index is 363. The van der Waals surface area contributed by atoms with E-state index in [1.807, 2.05) is 6.07 Å². The van der Waals surface area contributed by atoms with Gasteiger partial charge in [-0.25, -0.2) is 9.97 Å². The zero-order chi connectivity index (χ0) is 10.5. The fraction of sp³-hybridized carbons (Fsp3) is 0.455. The molecule has 0 radical (unpaired) electrons. The van der Waals surface area contributed by atoms with Crippen molar-refractivity contribution in [2.24, 2.45) is 0 Å². The van der Waals surface area contributed by atoms with Crippen LogP contribution >= 0.6 is 0 Å². The lowest BCUT2D eigenvalue weighted by Gasteiger charge is -2.23. The van der Waals surface area contributed by atoms with Crippen LogP contribution in [0.3, 0.4) is 0 Å². The number of aromatic nitrogens is 2. The minimum absolute atomic E-state index is 0.492. The molecule has 15 heavy (non-hydrogen) atoms. The average Bonchev–Trinajstić information content (AvgIpc) is 2.31. The molecule has 2 rings (SSSR count). The van der Waals surface area contributed by atoms with Crippen LogP contribution in [0.2, 0.25) is 0 Å². The van der Waals surface area contributed by atoms with E-state index in [-0.39, 0.29) is 0 Å². The van der Waals surface area contributed by atoms with Crippen LogP contribution in [0.5, 0.6) is 0 Å². The van der Waals surface area contributed by atoms with Crippen molar-refractivity contribution in [3.63, 3.8) is 0 Å². The largest absolute Gasteiger partial charge is 0.367 e. The summed E-state index contributed by atoms with van der Waals surface area (Å²) in [6.45, 7) is 2.12. The van der Waals surface area contributed by atoms with Crippen LogP contribution < -0.4 is 10.6 Å².